The lowest BCUT2D eigenvalue weighted by Gasteiger charge is -2.16. The number of hydrogen-bond donors (Lipinski definition) is 0. The first-order valence-electron chi connectivity index (χ1n) is 6.58. The van der Waals surface area contributed by atoms with Crippen LogP contribution in [0.25, 0.3) is 6.08 Å². The van der Waals surface area contributed by atoms with Crippen molar-refractivity contribution in [1.82, 2.24) is 4.90 Å². The molecule has 1 saturated heterocycles. The summed E-state index contributed by atoms with van der Waals surface area (Å²) in [5.74, 6) is 0. The molecule has 0 saturated carbocycles. The smallest absolute Gasteiger partial charge is 0.159 e. The lowest BCUT2D eigenvalue weighted by Crippen LogP contribution is -2.23. The molecule has 0 amide bonds. The van der Waals surface area contributed by atoms with E-state index in [1.807, 2.05) is 0 Å². The number of hydrogen-bond acceptors (Lipinski definition) is 3. The van der Waals surface area contributed by atoms with Crippen molar-refractivity contribution in [2.45, 2.75) is 12.7 Å². The molecule has 1 aliphatic rings. The van der Waals surface area contributed by atoms with Crippen molar-refractivity contribution < 1.29 is 9.47 Å². The van der Waals surface area contributed by atoms with Crippen molar-refractivity contribution in [2.24, 2.45) is 0 Å². The maximum Gasteiger partial charge on any atom is 0.159 e. The van der Waals surface area contributed by atoms with Crippen molar-refractivity contribution in [3.63, 3.8) is 0 Å². The monoisotopic (exact) mass is 325 g/mol. The van der Waals surface area contributed by atoms with E-state index in [4.69, 9.17) is 9.47 Å². The van der Waals surface area contributed by atoms with Crippen LogP contribution in [0.5, 0.6) is 0 Å². The van der Waals surface area contributed by atoms with Gasteiger partial charge in [-0.15, -0.1) is 0 Å². The molecule has 1 fully saturated rings. The third-order valence-corrected chi connectivity index (χ3v) is 3.56. The number of ether oxygens (including phenoxy) is 2. The van der Waals surface area contributed by atoms with E-state index in [1.54, 1.807) is 0 Å². The molecule has 4 heteroatoms. The molecule has 2 rings (SSSR count). The van der Waals surface area contributed by atoms with Crippen LogP contribution < -0.4 is 0 Å². The van der Waals surface area contributed by atoms with E-state index in [-0.39, 0.29) is 6.29 Å². The largest absolute Gasteiger partial charge is 0.350 e. The molecule has 1 aromatic rings. The summed E-state index contributed by atoms with van der Waals surface area (Å²) >= 11 is 3.43. The van der Waals surface area contributed by atoms with E-state index < -0.39 is 0 Å². The third-order valence-electron chi connectivity index (χ3n) is 3.03. The van der Waals surface area contributed by atoms with E-state index >= 15 is 0 Å². The molecule has 1 aliphatic heterocycles. The number of halogens is 1. The van der Waals surface area contributed by atoms with Crippen LogP contribution >= 0.6 is 15.9 Å². The summed E-state index contributed by atoms with van der Waals surface area (Å²) in [6.45, 7) is 3.38. The van der Waals surface area contributed by atoms with Crippen LogP contribution in [0.15, 0.2) is 34.8 Å². The Kier molecular flexibility index (Phi) is 6.04. The van der Waals surface area contributed by atoms with Gasteiger partial charge in [-0.3, -0.25) is 0 Å². The minimum atomic E-state index is -0.00194. The zero-order valence-electron chi connectivity index (χ0n) is 11.2. The highest BCUT2D eigenvalue weighted by Gasteiger charge is 2.15. The SMILES string of the molecule is CN(CC=Cc1ccc(Br)cc1)CCC1OCCO1. The van der Waals surface area contributed by atoms with Crippen molar-refractivity contribution in [2.75, 3.05) is 33.4 Å². The molecule has 104 valence electrons. The second kappa shape index (κ2) is 7.80. The van der Waals surface area contributed by atoms with Crippen LogP contribution in [0.4, 0.5) is 0 Å². The van der Waals surface area contributed by atoms with Gasteiger partial charge in [0.2, 0.25) is 0 Å². The molecule has 0 aromatic heterocycles. The van der Waals surface area contributed by atoms with Gasteiger partial charge in [-0.25, -0.2) is 0 Å². The summed E-state index contributed by atoms with van der Waals surface area (Å²) in [6.07, 6.45) is 5.26. The molecule has 0 bridgehead atoms. The predicted molar refractivity (Wildman–Crippen MR) is 81.0 cm³/mol. The highest BCUT2D eigenvalue weighted by molar-refractivity contribution is 9.10. The summed E-state index contributed by atoms with van der Waals surface area (Å²) < 4.78 is 11.9. The average molecular weight is 326 g/mol. The number of rotatable bonds is 6. The minimum Gasteiger partial charge on any atom is -0.350 e. The van der Waals surface area contributed by atoms with Crippen molar-refractivity contribution in [3.8, 4) is 0 Å². The maximum absolute atomic E-state index is 5.42. The van der Waals surface area contributed by atoms with Crippen molar-refractivity contribution in [1.29, 1.82) is 0 Å². The Morgan fingerprint density at radius 1 is 1.26 bits per heavy atom. The first-order chi connectivity index (χ1) is 9.24. The highest BCUT2D eigenvalue weighted by atomic mass is 79.9. The molecule has 0 aliphatic carbocycles. The Hall–Kier alpha value is -0.680. The average Bonchev–Trinajstić information content (AvgIpc) is 2.92. The molecule has 3 nitrogen and oxygen atoms in total. The molecule has 19 heavy (non-hydrogen) atoms. The zero-order chi connectivity index (χ0) is 13.5. The van der Waals surface area contributed by atoms with E-state index in [2.05, 4.69) is 64.3 Å². The van der Waals surface area contributed by atoms with Gasteiger partial charge in [-0.05, 0) is 24.7 Å². The lowest BCUT2D eigenvalue weighted by atomic mass is 10.2. The minimum absolute atomic E-state index is 0.00194. The quantitative estimate of drug-likeness (QED) is 0.802. The molecule has 0 radical (unpaired) electrons. The first-order valence-corrected chi connectivity index (χ1v) is 7.37. The van der Waals surface area contributed by atoms with Crippen LogP contribution in [0.2, 0.25) is 0 Å². The van der Waals surface area contributed by atoms with Gasteiger partial charge in [0.25, 0.3) is 0 Å². The molecule has 0 N–H and O–H groups in total. The maximum atomic E-state index is 5.42. The van der Waals surface area contributed by atoms with Gasteiger partial charge in [-0.2, -0.15) is 0 Å². The fourth-order valence-electron chi connectivity index (χ4n) is 1.93. The number of benzene rings is 1. The summed E-state index contributed by atoms with van der Waals surface area (Å²) in [6, 6.07) is 8.30. The van der Waals surface area contributed by atoms with Crippen molar-refractivity contribution >= 4 is 22.0 Å². The molecule has 0 atom stereocenters. The van der Waals surface area contributed by atoms with Gasteiger partial charge in [0.1, 0.15) is 0 Å². The van der Waals surface area contributed by atoms with Gasteiger partial charge >= 0.3 is 0 Å². The topological polar surface area (TPSA) is 21.7 Å². The van der Waals surface area contributed by atoms with E-state index in [1.165, 1.54) is 5.56 Å². The summed E-state index contributed by atoms with van der Waals surface area (Å²) in [7, 11) is 2.11. The van der Waals surface area contributed by atoms with Crippen molar-refractivity contribution in [3.05, 3.63) is 40.4 Å². The number of likely N-dealkylation sites (N-methyl/N-ethyl adjacent to an activating group) is 1. The van der Waals surface area contributed by atoms with Gasteiger partial charge in [0.15, 0.2) is 6.29 Å². The Morgan fingerprint density at radius 2 is 1.95 bits per heavy atom. The van der Waals surface area contributed by atoms with Crippen LogP contribution in [-0.2, 0) is 9.47 Å². The number of nitrogens with zero attached hydrogens (tertiary/aromatic N) is 1. The highest BCUT2D eigenvalue weighted by Crippen LogP contribution is 2.11. The van der Waals surface area contributed by atoms with Crippen LogP contribution in [0.1, 0.15) is 12.0 Å². The molecule has 1 aromatic carbocycles. The Morgan fingerprint density at radius 3 is 2.63 bits per heavy atom. The molecular weight excluding hydrogens is 306 g/mol. The second-order valence-corrected chi connectivity index (χ2v) is 5.59. The third kappa shape index (κ3) is 5.45. The molecule has 0 spiro atoms. The summed E-state index contributed by atoms with van der Waals surface area (Å²) in [5.41, 5.74) is 1.22. The van der Waals surface area contributed by atoms with Gasteiger partial charge in [0, 0.05) is 24.0 Å². The Labute approximate surface area is 123 Å². The van der Waals surface area contributed by atoms with Gasteiger partial charge < -0.3 is 14.4 Å². The Balaban J connectivity index is 1.67. The Bertz CT molecular complexity index is 399. The molecule has 0 unspecified atom stereocenters. The lowest BCUT2D eigenvalue weighted by molar-refractivity contribution is -0.0501. The van der Waals surface area contributed by atoms with Crippen LogP contribution in [0.3, 0.4) is 0 Å². The molecular formula is C15H20BrNO2. The molecule has 1 heterocycles. The van der Waals surface area contributed by atoms with Crippen LogP contribution in [0, 0.1) is 0 Å². The second-order valence-electron chi connectivity index (χ2n) is 4.68. The van der Waals surface area contributed by atoms with Gasteiger partial charge in [0.05, 0.1) is 13.2 Å². The summed E-state index contributed by atoms with van der Waals surface area (Å²) in [5, 5.41) is 0. The van der Waals surface area contributed by atoms with E-state index in [9.17, 15) is 0 Å². The first kappa shape index (κ1) is 14.7. The van der Waals surface area contributed by atoms with E-state index in [0.29, 0.717) is 0 Å². The summed E-state index contributed by atoms with van der Waals surface area (Å²) in [4.78, 5) is 2.26. The normalized spacial score (nSPS) is 16.8. The zero-order valence-corrected chi connectivity index (χ0v) is 12.8. The van der Waals surface area contributed by atoms with Gasteiger partial charge in [-0.1, -0.05) is 40.2 Å². The standard InChI is InChI=1S/C15H20BrNO2/c1-17(10-8-15-18-11-12-19-15)9-2-3-13-4-6-14(16)7-5-13/h2-7,15H,8-12H2,1H3. The fraction of sp³-hybridized carbons (Fsp3) is 0.467. The van der Waals surface area contributed by atoms with Crippen LogP contribution in [-0.4, -0.2) is 44.5 Å². The van der Waals surface area contributed by atoms with E-state index in [0.717, 1.165) is 37.2 Å². The fourth-order valence-corrected chi connectivity index (χ4v) is 2.20. The predicted octanol–water partition coefficient (Wildman–Crippen LogP) is 3.16.